The highest BCUT2D eigenvalue weighted by molar-refractivity contribution is 5.44. The van der Waals surface area contributed by atoms with E-state index in [1.165, 1.54) is 11.1 Å². The largest absolute Gasteiger partial charge is 0.504 e. The molecule has 1 heterocycles. The Morgan fingerprint density at radius 3 is 2.77 bits per heavy atom. The van der Waals surface area contributed by atoms with Crippen molar-refractivity contribution in [1.82, 2.24) is 5.32 Å². The number of phenolic OH excluding ortho intramolecular Hbond substituents is 1. The summed E-state index contributed by atoms with van der Waals surface area (Å²) >= 11 is 0. The standard InChI is InChI=1S/C18H21NO3/c1-21-14-4-5-15-13(11-14)7-8-19-16(15)9-12-3-6-17(20)18(10-12)22-2/h3-6,10-11,16,19-20H,7-9H2,1-2H3. The molecule has 0 bridgehead atoms. The van der Waals surface area contributed by atoms with Gasteiger partial charge in [0.1, 0.15) is 5.75 Å². The first-order valence-electron chi connectivity index (χ1n) is 7.47. The van der Waals surface area contributed by atoms with Gasteiger partial charge < -0.3 is 19.9 Å². The Labute approximate surface area is 130 Å². The second kappa shape index (κ2) is 6.28. The minimum atomic E-state index is 0.174. The zero-order valence-electron chi connectivity index (χ0n) is 12.9. The summed E-state index contributed by atoms with van der Waals surface area (Å²) in [6, 6.07) is 12.1. The SMILES string of the molecule is COc1ccc2c(c1)CCNC2Cc1ccc(O)c(OC)c1. The quantitative estimate of drug-likeness (QED) is 0.911. The van der Waals surface area contributed by atoms with E-state index in [-0.39, 0.29) is 11.8 Å². The molecule has 3 rings (SSSR count). The molecule has 1 atom stereocenters. The lowest BCUT2D eigenvalue weighted by molar-refractivity contribution is 0.372. The lowest BCUT2D eigenvalue weighted by atomic mass is 9.90. The van der Waals surface area contributed by atoms with Gasteiger partial charge in [-0.1, -0.05) is 12.1 Å². The molecule has 1 aliphatic rings. The van der Waals surface area contributed by atoms with Crippen molar-refractivity contribution in [2.24, 2.45) is 0 Å². The third kappa shape index (κ3) is 2.88. The highest BCUT2D eigenvalue weighted by atomic mass is 16.5. The Bertz CT molecular complexity index is 669. The fourth-order valence-corrected chi connectivity index (χ4v) is 3.02. The monoisotopic (exact) mass is 299 g/mol. The van der Waals surface area contributed by atoms with Crippen LogP contribution in [0.5, 0.6) is 17.2 Å². The molecule has 0 fully saturated rings. The lowest BCUT2D eigenvalue weighted by Crippen LogP contribution is -2.31. The Kier molecular flexibility index (Phi) is 4.20. The molecule has 22 heavy (non-hydrogen) atoms. The van der Waals surface area contributed by atoms with Crippen LogP contribution in [0, 0.1) is 0 Å². The molecule has 4 nitrogen and oxygen atoms in total. The molecule has 0 aromatic heterocycles. The molecule has 4 heteroatoms. The second-order valence-corrected chi connectivity index (χ2v) is 5.53. The molecule has 116 valence electrons. The van der Waals surface area contributed by atoms with E-state index in [9.17, 15) is 5.11 Å². The maximum Gasteiger partial charge on any atom is 0.160 e. The van der Waals surface area contributed by atoms with Crippen molar-refractivity contribution in [3.05, 3.63) is 53.1 Å². The molecule has 0 saturated carbocycles. The van der Waals surface area contributed by atoms with Crippen LogP contribution in [-0.4, -0.2) is 25.9 Å². The number of hydrogen-bond acceptors (Lipinski definition) is 4. The van der Waals surface area contributed by atoms with E-state index in [1.807, 2.05) is 18.2 Å². The fraction of sp³-hybridized carbons (Fsp3) is 0.333. The van der Waals surface area contributed by atoms with Gasteiger partial charge in [-0.25, -0.2) is 0 Å². The average Bonchev–Trinajstić information content (AvgIpc) is 2.56. The van der Waals surface area contributed by atoms with Crippen molar-refractivity contribution in [1.29, 1.82) is 0 Å². The number of methoxy groups -OCH3 is 2. The molecular formula is C18H21NO3. The second-order valence-electron chi connectivity index (χ2n) is 5.53. The predicted octanol–water partition coefficient (Wildman–Crippen LogP) is 2.84. The molecule has 1 aliphatic heterocycles. The van der Waals surface area contributed by atoms with Crippen molar-refractivity contribution in [3.63, 3.8) is 0 Å². The van der Waals surface area contributed by atoms with Crippen LogP contribution in [0.4, 0.5) is 0 Å². The first-order valence-corrected chi connectivity index (χ1v) is 7.47. The van der Waals surface area contributed by atoms with Crippen molar-refractivity contribution in [2.45, 2.75) is 18.9 Å². The van der Waals surface area contributed by atoms with Gasteiger partial charge in [0, 0.05) is 6.04 Å². The molecule has 2 N–H and O–H groups in total. The zero-order chi connectivity index (χ0) is 15.5. The average molecular weight is 299 g/mol. The smallest absolute Gasteiger partial charge is 0.160 e. The summed E-state index contributed by atoms with van der Waals surface area (Å²) in [6.45, 7) is 0.958. The topological polar surface area (TPSA) is 50.7 Å². The minimum absolute atomic E-state index is 0.174. The highest BCUT2D eigenvalue weighted by Crippen LogP contribution is 2.32. The van der Waals surface area contributed by atoms with Crippen LogP contribution in [0.3, 0.4) is 0 Å². The van der Waals surface area contributed by atoms with Crippen molar-refractivity contribution >= 4 is 0 Å². The minimum Gasteiger partial charge on any atom is -0.504 e. The van der Waals surface area contributed by atoms with Crippen LogP contribution in [0.15, 0.2) is 36.4 Å². The van der Waals surface area contributed by atoms with E-state index < -0.39 is 0 Å². The summed E-state index contributed by atoms with van der Waals surface area (Å²) in [4.78, 5) is 0. The molecule has 0 spiro atoms. The molecule has 1 unspecified atom stereocenters. The Morgan fingerprint density at radius 1 is 1.14 bits per heavy atom. The van der Waals surface area contributed by atoms with E-state index in [1.54, 1.807) is 20.3 Å². The van der Waals surface area contributed by atoms with Crippen LogP contribution < -0.4 is 14.8 Å². The number of benzene rings is 2. The Balaban J connectivity index is 1.85. The third-order valence-corrected chi connectivity index (χ3v) is 4.19. The van der Waals surface area contributed by atoms with Gasteiger partial charge in [0.2, 0.25) is 0 Å². The van der Waals surface area contributed by atoms with Gasteiger partial charge >= 0.3 is 0 Å². The summed E-state index contributed by atoms with van der Waals surface area (Å²) in [5.74, 6) is 1.60. The van der Waals surface area contributed by atoms with Crippen LogP contribution in [0.2, 0.25) is 0 Å². The van der Waals surface area contributed by atoms with Gasteiger partial charge in [-0.2, -0.15) is 0 Å². The summed E-state index contributed by atoms with van der Waals surface area (Å²) < 4.78 is 10.5. The van der Waals surface area contributed by atoms with Crippen LogP contribution in [-0.2, 0) is 12.8 Å². The van der Waals surface area contributed by atoms with Crippen LogP contribution >= 0.6 is 0 Å². The number of aromatic hydroxyl groups is 1. The van der Waals surface area contributed by atoms with Crippen molar-refractivity contribution in [3.8, 4) is 17.2 Å². The molecule has 2 aromatic carbocycles. The summed E-state index contributed by atoms with van der Waals surface area (Å²) in [5, 5.41) is 13.3. The zero-order valence-corrected chi connectivity index (χ0v) is 12.9. The molecule has 0 aliphatic carbocycles. The van der Waals surface area contributed by atoms with E-state index in [0.717, 1.165) is 30.7 Å². The van der Waals surface area contributed by atoms with Gasteiger partial charge in [-0.15, -0.1) is 0 Å². The van der Waals surface area contributed by atoms with Gasteiger partial charge in [-0.3, -0.25) is 0 Å². The number of nitrogens with one attached hydrogen (secondary N) is 1. The number of phenols is 1. The molecule has 0 saturated heterocycles. The molecular weight excluding hydrogens is 278 g/mol. The van der Waals surface area contributed by atoms with Gasteiger partial charge in [0.25, 0.3) is 0 Å². The van der Waals surface area contributed by atoms with Crippen LogP contribution in [0.1, 0.15) is 22.7 Å². The number of hydrogen-bond donors (Lipinski definition) is 2. The summed E-state index contributed by atoms with van der Waals surface area (Å²) in [7, 11) is 3.27. The predicted molar refractivity (Wildman–Crippen MR) is 85.8 cm³/mol. The van der Waals surface area contributed by atoms with E-state index >= 15 is 0 Å². The van der Waals surface area contributed by atoms with E-state index in [4.69, 9.17) is 9.47 Å². The highest BCUT2D eigenvalue weighted by Gasteiger charge is 2.20. The Morgan fingerprint density at radius 2 is 2.00 bits per heavy atom. The van der Waals surface area contributed by atoms with Gasteiger partial charge in [0.05, 0.1) is 14.2 Å². The van der Waals surface area contributed by atoms with Crippen LogP contribution in [0.25, 0.3) is 0 Å². The molecule has 0 amide bonds. The maximum atomic E-state index is 9.70. The van der Waals surface area contributed by atoms with Gasteiger partial charge in [0.15, 0.2) is 11.5 Å². The van der Waals surface area contributed by atoms with Crippen molar-refractivity contribution in [2.75, 3.05) is 20.8 Å². The normalized spacial score (nSPS) is 16.9. The first kappa shape index (κ1) is 14.7. The number of fused-ring (bicyclic) bond motifs is 1. The van der Waals surface area contributed by atoms with Gasteiger partial charge in [-0.05, 0) is 60.3 Å². The van der Waals surface area contributed by atoms with Crippen molar-refractivity contribution < 1.29 is 14.6 Å². The molecule has 0 radical (unpaired) electrons. The maximum absolute atomic E-state index is 9.70. The molecule has 2 aromatic rings. The first-order chi connectivity index (χ1) is 10.7. The summed E-state index contributed by atoms with van der Waals surface area (Å²) in [6.07, 6.45) is 1.87. The number of ether oxygens (including phenoxy) is 2. The Hall–Kier alpha value is -2.20. The lowest BCUT2D eigenvalue weighted by Gasteiger charge is -2.27. The van der Waals surface area contributed by atoms with E-state index in [0.29, 0.717) is 5.75 Å². The fourth-order valence-electron chi connectivity index (χ4n) is 3.02. The summed E-state index contributed by atoms with van der Waals surface area (Å²) in [5.41, 5.74) is 3.80. The third-order valence-electron chi connectivity index (χ3n) is 4.19. The van der Waals surface area contributed by atoms with E-state index in [2.05, 4.69) is 17.4 Å². The number of rotatable bonds is 4.